The zero-order valence-electron chi connectivity index (χ0n) is 15.1. The molecular formula is C18H28N2O4. The Labute approximate surface area is 144 Å². The molecule has 0 atom stereocenters. The smallest absolute Gasteiger partial charge is 0.223 e. The second-order valence-electron chi connectivity index (χ2n) is 5.52. The van der Waals surface area contributed by atoms with Crippen molar-refractivity contribution in [2.24, 2.45) is 0 Å². The molecule has 6 nitrogen and oxygen atoms in total. The standard InChI is InChI=1S/C18H28N2O4/c1-5-6-7-11-19-18(22)10-12-20(14(2)21)16-13-15(23-3)8-9-17(16)24-4/h8-9,13H,5-7,10-12H2,1-4H3,(H,19,22). The number of hydrogen-bond acceptors (Lipinski definition) is 4. The Balaban J connectivity index is 2.74. The van der Waals surface area contributed by atoms with Crippen LogP contribution in [0, 0.1) is 0 Å². The van der Waals surface area contributed by atoms with Crippen molar-refractivity contribution in [2.45, 2.75) is 39.5 Å². The van der Waals surface area contributed by atoms with Crippen LogP contribution in [0.2, 0.25) is 0 Å². The van der Waals surface area contributed by atoms with Crippen molar-refractivity contribution in [2.75, 3.05) is 32.2 Å². The number of rotatable bonds is 10. The van der Waals surface area contributed by atoms with Crippen molar-refractivity contribution in [1.29, 1.82) is 0 Å². The number of amides is 2. The molecule has 0 aliphatic carbocycles. The highest BCUT2D eigenvalue weighted by Crippen LogP contribution is 2.32. The minimum absolute atomic E-state index is 0.0563. The van der Waals surface area contributed by atoms with Gasteiger partial charge in [0.15, 0.2) is 0 Å². The molecule has 0 aliphatic rings. The number of nitrogens with one attached hydrogen (secondary N) is 1. The Morgan fingerprint density at radius 3 is 2.50 bits per heavy atom. The molecule has 1 N–H and O–H groups in total. The fourth-order valence-electron chi connectivity index (χ4n) is 2.36. The van der Waals surface area contributed by atoms with Gasteiger partial charge in [0, 0.05) is 32.5 Å². The van der Waals surface area contributed by atoms with Gasteiger partial charge in [-0.3, -0.25) is 9.59 Å². The summed E-state index contributed by atoms with van der Waals surface area (Å²) < 4.78 is 10.5. The summed E-state index contributed by atoms with van der Waals surface area (Å²) in [6.45, 7) is 4.56. The summed E-state index contributed by atoms with van der Waals surface area (Å²) >= 11 is 0. The second-order valence-corrected chi connectivity index (χ2v) is 5.52. The predicted octanol–water partition coefficient (Wildman–Crippen LogP) is 2.75. The molecule has 0 spiro atoms. The average molecular weight is 336 g/mol. The lowest BCUT2D eigenvalue weighted by Crippen LogP contribution is -2.34. The number of anilines is 1. The van der Waals surface area contributed by atoms with Crippen LogP contribution in [-0.4, -0.2) is 39.1 Å². The van der Waals surface area contributed by atoms with Gasteiger partial charge in [-0.1, -0.05) is 19.8 Å². The molecule has 0 aromatic heterocycles. The topological polar surface area (TPSA) is 67.9 Å². The van der Waals surface area contributed by atoms with Gasteiger partial charge in [-0.05, 0) is 18.6 Å². The first-order valence-electron chi connectivity index (χ1n) is 8.30. The first kappa shape index (κ1) is 19.8. The van der Waals surface area contributed by atoms with Gasteiger partial charge in [0.05, 0.1) is 19.9 Å². The Morgan fingerprint density at radius 1 is 1.17 bits per heavy atom. The number of hydrogen-bond donors (Lipinski definition) is 1. The lowest BCUT2D eigenvalue weighted by atomic mass is 10.2. The summed E-state index contributed by atoms with van der Waals surface area (Å²) in [5.41, 5.74) is 0.600. The molecule has 0 fully saturated rings. The third-order valence-corrected chi connectivity index (χ3v) is 3.72. The highest BCUT2D eigenvalue weighted by molar-refractivity contribution is 5.94. The first-order valence-corrected chi connectivity index (χ1v) is 8.30. The predicted molar refractivity (Wildman–Crippen MR) is 94.7 cm³/mol. The molecule has 0 saturated carbocycles. The number of unbranched alkanes of at least 4 members (excludes halogenated alkanes) is 2. The largest absolute Gasteiger partial charge is 0.497 e. The molecule has 0 aliphatic heterocycles. The fraction of sp³-hybridized carbons (Fsp3) is 0.556. The maximum absolute atomic E-state index is 12.0. The van der Waals surface area contributed by atoms with Gasteiger partial charge >= 0.3 is 0 Å². The Kier molecular flexibility index (Phi) is 8.68. The zero-order chi connectivity index (χ0) is 17.9. The molecule has 2 amide bonds. The van der Waals surface area contributed by atoms with E-state index in [0.717, 1.165) is 19.3 Å². The maximum atomic E-state index is 12.0. The van der Waals surface area contributed by atoms with Crippen LogP contribution in [-0.2, 0) is 9.59 Å². The van der Waals surface area contributed by atoms with Crippen LogP contribution < -0.4 is 19.7 Å². The summed E-state index contributed by atoms with van der Waals surface area (Å²) in [6, 6.07) is 5.25. The van der Waals surface area contributed by atoms with Crippen molar-refractivity contribution in [1.82, 2.24) is 5.32 Å². The highest BCUT2D eigenvalue weighted by atomic mass is 16.5. The number of benzene rings is 1. The number of ether oxygens (including phenoxy) is 2. The van der Waals surface area contributed by atoms with Crippen molar-refractivity contribution in [3.8, 4) is 11.5 Å². The molecule has 1 rings (SSSR count). The first-order chi connectivity index (χ1) is 11.5. The molecule has 1 aromatic rings. The van der Waals surface area contributed by atoms with E-state index in [0.29, 0.717) is 30.3 Å². The van der Waals surface area contributed by atoms with Crippen molar-refractivity contribution in [3.05, 3.63) is 18.2 Å². The second kappa shape index (κ2) is 10.5. The molecule has 0 unspecified atom stereocenters. The van der Waals surface area contributed by atoms with Crippen LogP contribution in [0.3, 0.4) is 0 Å². The van der Waals surface area contributed by atoms with E-state index in [1.807, 2.05) is 0 Å². The van der Waals surface area contributed by atoms with E-state index >= 15 is 0 Å². The molecule has 0 radical (unpaired) electrons. The molecule has 0 bridgehead atoms. The molecular weight excluding hydrogens is 308 g/mol. The van der Waals surface area contributed by atoms with E-state index in [9.17, 15) is 9.59 Å². The fourth-order valence-corrected chi connectivity index (χ4v) is 2.36. The van der Waals surface area contributed by atoms with Gasteiger partial charge in [0.2, 0.25) is 11.8 Å². The number of nitrogens with zero attached hydrogens (tertiary/aromatic N) is 1. The Morgan fingerprint density at radius 2 is 1.92 bits per heavy atom. The summed E-state index contributed by atoms with van der Waals surface area (Å²) in [7, 11) is 3.11. The van der Waals surface area contributed by atoms with Crippen molar-refractivity contribution in [3.63, 3.8) is 0 Å². The van der Waals surface area contributed by atoms with E-state index in [4.69, 9.17) is 9.47 Å². The van der Waals surface area contributed by atoms with Gasteiger partial charge in [-0.15, -0.1) is 0 Å². The SMILES string of the molecule is CCCCCNC(=O)CCN(C(C)=O)c1cc(OC)ccc1OC. The normalized spacial score (nSPS) is 10.2. The minimum Gasteiger partial charge on any atom is -0.497 e. The van der Waals surface area contributed by atoms with E-state index in [1.165, 1.54) is 11.8 Å². The Bertz CT molecular complexity index is 546. The van der Waals surface area contributed by atoms with E-state index in [-0.39, 0.29) is 18.2 Å². The van der Waals surface area contributed by atoms with Crippen molar-refractivity contribution >= 4 is 17.5 Å². The third-order valence-electron chi connectivity index (χ3n) is 3.72. The summed E-state index contributed by atoms with van der Waals surface area (Å²) in [4.78, 5) is 25.5. The van der Waals surface area contributed by atoms with E-state index in [2.05, 4.69) is 12.2 Å². The van der Waals surface area contributed by atoms with Crippen LogP contribution >= 0.6 is 0 Å². The van der Waals surface area contributed by atoms with Gasteiger partial charge < -0.3 is 19.7 Å². The maximum Gasteiger partial charge on any atom is 0.223 e. The van der Waals surface area contributed by atoms with Gasteiger partial charge in [-0.25, -0.2) is 0 Å². The zero-order valence-corrected chi connectivity index (χ0v) is 15.1. The van der Waals surface area contributed by atoms with Crippen molar-refractivity contribution < 1.29 is 19.1 Å². The molecule has 6 heteroatoms. The lowest BCUT2D eigenvalue weighted by Gasteiger charge is -2.23. The average Bonchev–Trinajstić information content (AvgIpc) is 2.58. The minimum atomic E-state index is -0.152. The van der Waals surface area contributed by atoms with Gasteiger partial charge in [-0.2, -0.15) is 0 Å². The summed E-state index contributed by atoms with van der Waals surface area (Å²) in [5.74, 6) is 0.981. The quantitative estimate of drug-likeness (QED) is 0.667. The van der Waals surface area contributed by atoms with Crippen LogP contribution in [0.15, 0.2) is 18.2 Å². The van der Waals surface area contributed by atoms with E-state index in [1.54, 1.807) is 32.4 Å². The van der Waals surface area contributed by atoms with Crippen LogP contribution in [0.4, 0.5) is 5.69 Å². The van der Waals surface area contributed by atoms with Crippen LogP contribution in [0.25, 0.3) is 0 Å². The van der Waals surface area contributed by atoms with Gasteiger partial charge in [0.25, 0.3) is 0 Å². The number of carbonyl (C=O) groups excluding carboxylic acids is 2. The third kappa shape index (κ3) is 6.10. The lowest BCUT2D eigenvalue weighted by molar-refractivity contribution is -0.121. The number of methoxy groups -OCH3 is 2. The molecule has 1 aromatic carbocycles. The van der Waals surface area contributed by atoms with Gasteiger partial charge in [0.1, 0.15) is 11.5 Å². The Hall–Kier alpha value is -2.24. The molecule has 0 saturated heterocycles. The molecule has 134 valence electrons. The summed E-state index contributed by atoms with van der Waals surface area (Å²) in [5, 5.41) is 2.88. The monoisotopic (exact) mass is 336 g/mol. The van der Waals surface area contributed by atoms with Crippen LogP contribution in [0.1, 0.15) is 39.5 Å². The number of carbonyl (C=O) groups is 2. The summed E-state index contributed by atoms with van der Waals surface area (Å²) in [6.07, 6.45) is 3.43. The molecule has 0 heterocycles. The highest BCUT2D eigenvalue weighted by Gasteiger charge is 2.18. The van der Waals surface area contributed by atoms with Crippen LogP contribution in [0.5, 0.6) is 11.5 Å². The molecule has 24 heavy (non-hydrogen) atoms. The van der Waals surface area contributed by atoms with E-state index < -0.39 is 0 Å².